The van der Waals surface area contributed by atoms with Gasteiger partial charge in [0.25, 0.3) is 0 Å². The normalized spacial score (nSPS) is 15.5. The zero-order valence-corrected chi connectivity index (χ0v) is 12.5. The average molecular weight is 270 g/mol. The van der Waals surface area contributed by atoms with Gasteiger partial charge in [0.1, 0.15) is 5.84 Å². The van der Waals surface area contributed by atoms with Gasteiger partial charge in [-0.15, -0.1) is 0 Å². The fourth-order valence-corrected chi connectivity index (χ4v) is 1.27. The first-order valence-electron chi connectivity index (χ1n) is 6.16. The van der Waals surface area contributed by atoms with Crippen molar-refractivity contribution in [1.82, 2.24) is 5.32 Å². The first kappa shape index (κ1) is 16.8. The van der Waals surface area contributed by atoms with Gasteiger partial charge in [0.15, 0.2) is 0 Å². The molecule has 3 nitrogen and oxygen atoms in total. The maximum Gasteiger partial charge on any atom is 0.123 e. The van der Waals surface area contributed by atoms with E-state index < -0.39 is 0 Å². The molecule has 4 heteroatoms. The number of hydrogen-bond acceptors (Lipinski definition) is 2. The smallest absolute Gasteiger partial charge is 0.123 e. The van der Waals surface area contributed by atoms with Gasteiger partial charge in [-0.05, 0) is 27.2 Å². The number of allylic oxidation sites excluding steroid dienone is 1. The molecule has 0 saturated carbocycles. The van der Waals surface area contributed by atoms with Crippen molar-refractivity contribution >= 4 is 17.4 Å². The number of unbranched alkanes of at least 4 members (excludes halogenated alkanes) is 1. The summed E-state index contributed by atoms with van der Waals surface area (Å²) in [6, 6.07) is 0.0964. The second kappa shape index (κ2) is 8.81. The number of hydrogen-bond donors (Lipinski definition) is 2. The Morgan fingerprint density at radius 2 is 2.11 bits per heavy atom. The third-order valence-corrected chi connectivity index (χ3v) is 2.71. The lowest BCUT2D eigenvalue weighted by molar-refractivity contribution is 0.837. The molecule has 102 valence electrons. The lowest BCUT2D eigenvalue weighted by Gasteiger charge is -2.10. The predicted octanol–water partition coefficient (Wildman–Crippen LogP) is 3.68. The molecular formula is C14H24ClN3. The van der Waals surface area contributed by atoms with Crippen LogP contribution in [0.1, 0.15) is 40.5 Å². The fourth-order valence-electron chi connectivity index (χ4n) is 1.22. The van der Waals surface area contributed by atoms with Crippen LogP contribution in [0, 0.1) is 0 Å². The lowest BCUT2D eigenvalue weighted by Crippen LogP contribution is -2.18. The van der Waals surface area contributed by atoms with Crippen molar-refractivity contribution in [3.63, 3.8) is 0 Å². The fraction of sp³-hybridized carbons (Fsp3) is 0.500. The Kier molecular flexibility index (Phi) is 8.21. The Bertz CT molecular complexity index is 367. The van der Waals surface area contributed by atoms with Crippen molar-refractivity contribution in [2.24, 2.45) is 10.7 Å². The summed E-state index contributed by atoms with van der Waals surface area (Å²) in [6.45, 7) is 11.7. The summed E-state index contributed by atoms with van der Waals surface area (Å²) in [7, 11) is 0. The summed E-state index contributed by atoms with van der Waals surface area (Å²) in [5, 5.41) is 3.15. The third kappa shape index (κ3) is 7.17. The van der Waals surface area contributed by atoms with Crippen LogP contribution < -0.4 is 11.1 Å². The minimum atomic E-state index is 0.0964. The molecule has 0 aromatic heterocycles. The summed E-state index contributed by atoms with van der Waals surface area (Å²) in [5.41, 5.74) is 7.99. The topological polar surface area (TPSA) is 50.4 Å². The van der Waals surface area contributed by atoms with Gasteiger partial charge < -0.3 is 11.1 Å². The number of nitrogens with zero attached hydrogens (tertiary/aromatic N) is 1. The van der Waals surface area contributed by atoms with Crippen LogP contribution in [0.5, 0.6) is 0 Å². The molecule has 0 spiro atoms. The van der Waals surface area contributed by atoms with E-state index in [-0.39, 0.29) is 6.04 Å². The molecule has 0 aromatic rings. The van der Waals surface area contributed by atoms with Gasteiger partial charge in [0.05, 0.1) is 11.2 Å². The van der Waals surface area contributed by atoms with E-state index in [1.807, 2.05) is 13.8 Å². The van der Waals surface area contributed by atoms with E-state index in [1.165, 1.54) is 5.57 Å². The zero-order chi connectivity index (χ0) is 14.1. The molecule has 0 saturated heterocycles. The Balaban J connectivity index is 4.66. The summed E-state index contributed by atoms with van der Waals surface area (Å²) in [6.07, 6.45) is 6.13. The van der Waals surface area contributed by atoms with Crippen LogP contribution in [-0.2, 0) is 0 Å². The Labute approximate surface area is 116 Å². The van der Waals surface area contributed by atoms with E-state index in [2.05, 4.69) is 36.8 Å². The van der Waals surface area contributed by atoms with Gasteiger partial charge in [-0.3, -0.25) is 4.99 Å². The SMILES string of the molecule is C=C(Cl)NC=C(C)C(N)=N[C@H](C)/C(C)=C\CCC. The summed E-state index contributed by atoms with van der Waals surface area (Å²) in [4.78, 5) is 4.45. The van der Waals surface area contributed by atoms with Crippen molar-refractivity contribution in [1.29, 1.82) is 0 Å². The van der Waals surface area contributed by atoms with E-state index in [0.29, 0.717) is 11.0 Å². The molecule has 18 heavy (non-hydrogen) atoms. The summed E-state index contributed by atoms with van der Waals surface area (Å²) in [5.74, 6) is 0.511. The van der Waals surface area contributed by atoms with E-state index in [9.17, 15) is 0 Å². The van der Waals surface area contributed by atoms with E-state index >= 15 is 0 Å². The summed E-state index contributed by atoms with van der Waals surface area (Å²) < 4.78 is 0. The number of aliphatic imine (C=N–C) groups is 1. The first-order valence-corrected chi connectivity index (χ1v) is 6.54. The summed E-state index contributed by atoms with van der Waals surface area (Å²) >= 11 is 5.60. The molecule has 0 bridgehead atoms. The van der Waals surface area contributed by atoms with Crippen molar-refractivity contribution in [2.45, 2.75) is 46.6 Å². The molecule has 0 rings (SSSR count). The van der Waals surface area contributed by atoms with Crippen LogP contribution >= 0.6 is 11.6 Å². The minimum Gasteiger partial charge on any atom is -0.384 e. The van der Waals surface area contributed by atoms with Crippen LogP contribution in [0.15, 0.2) is 40.1 Å². The first-order chi connectivity index (χ1) is 8.38. The predicted molar refractivity (Wildman–Crippen MR) is 81.6 cm³/mol. The quantitative estimate of drug-likeness (QED) is 0.321. The molecule has 0 unspecified atom stereocenters. The third-order valence-electron chi connectivity index (χ3n) is 2.60. The Hall–Kier alpha value is -1.22. The van der Waals surface area contributed by atoms with Gasteiger partial charge in [-0.2, -0.15) is 0 Å². The second-order valence-corrected chi connectivity index (χ2v) is 4.76. The second-order valence-electron chi connectivity index (χ2n) is 4.30. The number of nitrogens with one attached hydrogen (secondary N) is 1. The highest BCUT2D eigenvalue weighted by molar-refractivity contribution is 6.28. The average Bonchev–Trinajstić information content (AvgIpc) is 2.32. The number of amidine groups is 1. The largest absolute Gasteiger partial charge is 0.384 e. The monoisotopic (exact) mass is 269 g/mol. The Morgan fingerprint density at radius 1 is 1.50 bits per heavy atom. The maximum atomic E-state index is 5.91. The molecule has 0 radical (unpaired) electrons. The van der Waals surface area contributed by atoms with Gasteiger partial charge in [-0.25, -0.2) is 0 Å². The highest BCUT2D eigenvalue weighted by Crippen LogP contribution is 2.08. The molecule has 1 atom stereocenters. The molecule has 0 aliphatic rings. The van der Waals surface area contributed by atoms with E-state index in [4.69, 9.17) is 17.3 Å². The van der Waals surface area contributed by atoms with Crippen molar-refractivity contribution in [3.8, 4) is 0 Å². The molecular weight excluding hydrogens is 246 g/mol. The van der Waals surface area contributed by atoms with Gasteiger partial charge in [0.2, 0.25) is 0 Å². The standard InChI is InChI=1S/C14H24ClN3/c1-6-7-8-10(2)12(4)18-14(16)11(3)9-17-13(5)15/h8-9,12,17H,5-7H2,1-4H3,(H2,16,18)/b10-8-,11-9?/t12-/m1/s1. The highest BCUT2D eigenvalue weighted by Gasteiger charge is 2.04. The number of rotatable bonds is 7. The van der Waals surface area contributed by atoms with Crippen LogP contribution in [0.2, 0.25) is 0 Å². The maximum absolute atomic E-state index is 5.91. The van der Waals surface area contributed by atoms with E-state index in [1.54, 1.807) is 6.20 Å². The van der Waals surface area contributed by atoms with Crippen LogP contribution in [0.25, 0.3) is 0 Å². The molecule has 0 aliphatic heterocycles. The minimum absolute atomic E-state index is 0.0964. The molecule has 0 aliphatic carbocycles. The number of halogens is 1. The molecule has 0 amide bonds. The van der Waals surface area contributed by atoms with Crippen molar-refractivity contribution in [3.05, 3.63) is 35.2 Å². The van der Waals surface area contributed by atoms with Crippen LogP contribution in [0.3, 0.4) is 0 Å². The molecule has 0 fully saturated rings. The van der Waals surface area contributed by atoms with Crippen molar-refractivity contribution in [2.75, 3.05) is 0 Å². The van der Waals surface area contributed by atoms with Gasteiger partial charge >= 0.3 is 0 Å². The molecule has 0 heterocycles. The van der Waals surface area contributed by atoms with Crippen LogP contribution in [-0.4, -0.2) is 11.9 Å². The van der Waals surface area contributed by atoms with Crippen LogP contribution in [0.4, 0.5) is 0 Å². The molecule has 3 N–H and O–H groups in total. The van der Waals surface area contributed by atoms with Gasteiger partial charge in [-0.1, -0.05) is 43.2 Å². The highest BCUT2D eigenvalue weighted by atomic mass is 35.5. The molecule has 0 aromatic carbocycles. The number of nitrogens with two attached hydrogens (primary N) is 1. The zero-order valence-electron chi connectivity index (χ0n) is 11.8. The Morgan fingerprint density at radius 3 is 2.61 bits per heavy atom. The van der Waals surface area contributed by atoms with Gasteiger partial charge in [0, 0.05) is 11.8 Å². The van der Waals surface area contributed by atoms with Crippen molar-refractivity contribution < 1.29 is 0 Å². The van der Waals surface area contributed by atoms with E-state index in [0.717, 1.165) is 18.4 Å². The lowest BCUT2D eigenvalue weighted by atomic mass is 10.1.